The van der Waals surface area contributed by atoms with E-state index in [1.807, 2.05) is 24.1 Å². The van der Waals surface area contributed by atoms with Gasteiger partial charge in [0.15, 0.2) is 11.6 Å². The SMILES string of the molecule is COc1ccc(CN(C)Cc2cc(=O)n3cc(Br)ccc3n2)cc1F. The molecule has 0 atom stereocenters. The Morgan fingerprint density at radius 1 is 1.24 bits per heavy atom. The molecule has 25 heavy (non-hydrogen) atoms. The summed E-state index contributed by atoms with van der Waals surface area (Å²) in [5.74, 6) is -0.164. The standard InChI is InChI=1S/C18H17BrFN3O2/c1-22(9-12-3-5-16(25-2)15(20)7-12)11-14-8-18(24)23-10-13(19)4-6-17(23)21-14/h3-8,10H,9,11H2,1-2H3. The normalized spacial score (nSPS) is 11.2. The van der Waals surface area contributed by atoms with Crippen LogP contribution in [0.5, 0.6) is 5.75 Å². The first kappa shape index (κ1) is 17.6. The molecule has 7 heteroatoms. The molecule has 2 heterocycles. The van der Waals surface area contributed by atoms with Crippen LogP contribution in [0, 0.1) is 5.82 Å². The van der Waals surface area contributed by atoms with Gasteiger partial charge in [0, 0.05) is 29.8 Å². The maximum Gasteiger partial charge on any atom is 0.258 e. The molecule has 0 aliphatic rings. The molecule has 1 aromatic carbocycles. The summed E-state index contributed by atoms with van der Waals surface area (Å²) in [7, 11) is 3.33. The number of fused-ring (bicyclic) bond motifs is 1. The van der Waals surface area contributed by atoms with Crippen molar-refractivity contribution in [2.75, 3.05) is 14.2 Å². The number of methoxy groups -OCH3 is 1. The molecular weight excluding hydrogens is 389 g/mol. The summed E-state index contributed by atoms with van der Waals surface area (Å²) in [5, 5.41) is 0. The molecule has 0 radical (unpaired) electrons. The minimum atomic E-state index is -0.388. The van der Waals surface area contributed by atoms with Gasteiger partial charge >= 0.3 is 0 Å². The second kappa shape index (κ2) is 7.33. The first-order chi connectivity index (χ1) is 12.0. The predicted octanol–water partition coefficient (Wildman–Crippen LogP) is 3.24. The lowest BCUT2D eigenvalue weighted by atomic mass is 10.2. The fourth-order valence-corrected chi connectivity index (χ4v) is 3.00. The Hall–Kier alpha value is -2.25. The fraction of sp³-hybridized carbons (Fsp3) is 0.222. The van der Waals surface area contributed by atoms with Crippen LogP contribution in [0.3, 0.4) is 0 Å². The third-order valence-electron chi connectivity index (χ3n) is 3.78. The Morgan fingerprint density at radius 3 is 2.76 bits per heavy atom. The van der Waals surface area contributed by atoms with Crippen LogP contribution in [0.25, 0.3) is 5.65 Å². The Kier molecular flexibility index (Phi) is 5.15. The van der Waals surface area contributed by atoms with Crippen molar-refractivity contribution in [2.24, 2.45) is 0 Å². The molecule has 2 aromatic heterocycles. The Labute approximate surface area is 152 Å². The highest BCUT2D eigenvalue weighted by Gasteiger charge is 2.09. The smallest absolute Gasteiger partial charge is 0.258 e. The topological polar surface area (TPSA) is 46.8 Å². The van der Waals surface area contributed by atoms with E-state index in [0.717, 1.165) is 10.0 Å². The largest absolute Gasteiger partial charge is 0.494 e. The summed E-state index contributed by atoms with van der Waals surface area (Å²) >= 11 is 3.34. The summed E-state index contributed by atoms with van der Waals surface area (Å²) in [4.78, 5) is 18.7. The van der Waals surface area contributed by atoms with Gasteiger partial charge in [-0.05, 0) is 52.8 Å². The van der Waals surface area contributed by atoms with Crippen molar-refractivity contribution in [2.45, 2.75) is 13.1 Å². The highest BCUT2D eigenvalue weighted by molar-refractivity contribution is 9.10. The van der Waals surface area contributed by atoms with Crippen LogP contribution in [-0.4, -0.2) is 28.4 Å². The average molecular weight is 406 g/mol. The van der Waals surface area contributed by atoms with Crippen molar-refractivity contribution < 1.29 is 9.13 Å². The van der Waals surface area contributed by atoms with Crippen molar-refractivity contribution in [3.8, 4) is 5.75 Å². The molecule has 0 unspecified atom stereocenters. The van der Waals surface area contributed by atoms with E-state index in [1.165, 1.54) is 23.6 Å². The molecule has 130 valence electrons. The van der Waals surface area contributed by atoms with Gasteiger partial charge in [0.2, 0.25) is 0 Å². The Bertz CT molecular complexity index is 974. The number of pyridine rings is 1. The summed E-state index contributed by atoms with van der Waals surface area (Å²) in [6.07, 6.45) is 1.69. The van der Waals surface area contributed by atoms with Gasteiger partial charge in [0.25, 0.3) is 5.56 Å². The molecule has 0 amide bonds. The second-order valence-corrected chi connectivity index (χ2v) is 6.72. The number of hydrogen-bond acceptors (Lipinski definition) is 4. The molecule has 0 aliphatic heterocycles. The van der Waals surface area contributed by atoms with Crippen molar-refractivity contribution in [1.29, 1.82) is 0 Å². The molecule has 0 bridgehead atoms. The minimum absolute atomic E-state index is 0.134. The molecule has 5 nitrogen and oxygen atoms in total. The lowest BCUT2D eigenvalue weighted by molar-refractivity contribution is 0.313. The van der Waals surface area contributed by atoms with E-state index in [2.05, 4.69) is 20.9 Å². The van der Waals surface area contributed by atoms with Crippen LogP contribution in [0.2, 0.25) is 0 Å². The summed E-state index contributed by atoms with van der Waals surface area (Å²) in [5.41, 5.74) is 1.95. The van der Waals surface area contributed by atoms with Gasteiger partial charge in [-0.25, -0.2) is 9.37 Å². The molecule has 0 fully saturated rings. The number of ether oxygens (including phenoxy) is 1. The quantitative estimate of drug-likeness (QED) is 0.653. The van der Waals surface area contributed by atoms with Crippen LogP contribution in [0.4, 0.5) is 4.39 Å². The average Bonchev–Trinajstić information content (AvgIpc) is 2.56. The van der Waals surface area contributed by atoms with E-state index >= 15 is 0 Å². The lowest BCUT2D eigenvalue weighted by Crippen LogP contribution is -2.22. The highest BCUT2D eigenvalue weighted by Crippen LogP contribution is 2.19. The van der Waals surface area contributed by atoms with Crippen molar-refractivity contribution in [3.63, 3.8) is 0 Å². The van der Waals surface area contributed by atoms with Crippen molar-refractivity contribution in [3.05, 3.63) is 74.5 Å². The van der Waals surface area contributed by atoms with E-state index in [-0.39, 0.29) is 17.1 Å². The van der Waals surface area contributed by atoms with E-state index in [1.54, 1.807) is 18.3 Å². The highest BCUT2D eigenvalue weighted by atomic mass is 79.9. The lowest BCUT2D eigenvalue weighted by Gasteiger charge is -2.17. The van der Waals surface area contributed by atoms with Crippen molar-refractivity contribution in [1.82, 2.24) is 14.3 Å². The van der Waals surface area contributed by atoms with Gasteiger partial charge in [-0.1, -0.05) is 6.07 Å². The molecule has 0 aliphatic carbocycles. The van der Waals surface area contributed by atoms with Gasteiger partial charge in [-0.3, -0.25) is 14.1 Å². The molecule has 0 saturated carbocycles. The van der Waals surface area contributed by atoms with Gasteiger partial charge < -0.3 is 4.74 Å². The monoisotopic (exact) mass is 405 g/mol. The van der Waals surface area contributed by atoms with E-state index < -0.39 is 0 Å². The minimum Gasteiger partial charge on any atom is -0.494 e. The number of aromatic nitrogens is 2. The van der Waals surface area contributed by atoms with Crippen LogP contribution < -0.4 is 10.3 Å². The van der Waals surface area contributed by atoms with E-state index in [0.29, 0.717) is 24.4 Å². The van der Waals surface area contributed by atoms with Gasteiger partial charge in [-0.15, -0.1) is 0 Å². The second-order valence-electron chi connectivity index (χ2n) is 5.80. The van der Waals surface area contributed by atoms with Gasteiger partial charge in [0.1, 0.15) is 5.65 Å². The summed E-state index contributed by atoms with van der Waals surface area (Å²) < 4.78 is 21.0. The summed E-state index contributed by atoms with van der Waals surface area (Å²) in [6, 6.07) is 10.0. The molecule has 0 spiro atoms. The maximum atomic E-state index is 13.8. The zero-order chi connectivity index (χ0) is 18.0. The summed E-state index contributed by atoms with van der Waals surface area (Å²) in [6.45, 7) is 1.01. The van der Waals surface area contributed by atoms with Crippen LogP contribution in [-0.2, 0) is 13.1 Å². The number of rotatable bonds is 5. The van der Waals surface area contributed by atoms with Gasteiger partial charge in [-0.2, -0.15) is 0 Å². The van der Waals surface area contributed by atoms with Crippen LogP contribution >= 0.6 is 15.9 Å². The first-order valence-corrected chi connectivity index (χ1v) is 8.44. The number of hydrogen-bond donors (Lipinski definition) is 0. The van der Waals surface area contributed by atoms with Crippen LogP contribution in [0.15, 0.2) is 51.9 Å². The third-order valence-corrected chi connectivity index (χ3v) is 4.25. The number of nitrogens with zero attached hydrogens (tertiary/aromatic N) is 3. The zero-order valence-corrected chi connectivity index (χ0v) is 15.5. The van der Waals surface area contributed by atoms with Crippen LogP contribution in [0.1, 0.15) is 11.3 Å². The number of halogens is 2. The van der Waals surface area contributed by atoms with E-state index in [4.69, 9.17) is 4.74 Å². The Balaban J connectivity index is 1.77. The molecular formula is C18H17BrFN3O2. The maximum absolute atomic E-state index is 13.8. The van der Waals surface area contributed by atoms with Crippen molar-refractivity contribution >= 4 is 21.6 Å². The molecule has 3 rings (SSSR count). The van der Waals surface area contributed by atoms with Gasteiger partial charge in [0.05, 0.1) is 12.8 Å². The fourth-order valence-electron chi connectivity index (χ4n) is 2.66. The molecule has 0 saturated heterocycles. The zero-order valence-electron chi connectivity index (χ0n) is 13.9. The first-order valence-electron chi connectivity index (χ1n) is 7.65. The molecule has 0 N–H and O–H groups in total. The molecule has 3 aromatic rings. The third kappa shape index (κ3) is 4.05. The van der Waals surface area contributed by atoms with E-state index in [9.17, 15) is 9.18 Å². The Morgan fingerprint density at radius 2 is 2.04 bits per heavy atom. The number of benzene rings is 1. The predicted molar refractivity (Wildman–Crippen MR) is 97.3 cm³/mol.